The molecule has 0 aliphatic carbocycles. The van der Waals surface area contributed by atoms with E-state index in [1.165, 1.54) is 5.56 Å². The average Bonchev–Trinajstić information content (AvgIpc) is 3.09. The Morgan fingerprint density at radius 3 is 3.00 bits per heavy atom. The molecule has 124 valence electrons. The second kappa shape index (κ2) is 7.76. The molecule has 0 saturated heterocycles. The number of aliphatic imine (C=N–C) groups is 1. The molecule has 1 aromatic carbocycles. The highest BCUT2D eigenvalue weighted by molar-refractivity contribution is 14.0. The van der Waals surface area contributed by atoms with E-state index in [9.17, 15) is 0 Å². The maximum atomic E-state index is 5.98. The molecular formula is C16H23IN6. The van der Waals surface area contributed by atoms with Crippen LogP contribution < -0.4 is 11.1 Å². The van der Waals surface area contributed by atoms with Crippen molar-refractivity contribution in [2.45, 2.75) is 45.7 Å². The van der Waals surface area contributed by atoms with Crippen molar-refractivity contribution in [2.24, 2.45) is 10.7 Å². The van der Waals surface area contributed by atoms with Crippen LogP contribution in [0.2, 0.25) is 0 Å². The summed E-state index contributed by atoms with van der Waals surface area (Å²) in [4.78, 5) is 4.37. The second-order valence-corrected chi connectivity index (χ2v) is 5.89. The van der Waals surface area contributed by atoms with Crippen LogP contribution in [0.4, 0.5) is 5.69 Å². The third kappa shape index (κ3) is 4.21. The molecule has 3 rings (SSSR count). The van der Waals surface area contributed by atoms with Crippen LogP contribution in [0.15, 0.2) is 29.3 Å². The molecule has 0 atom stereocenters. The molecular weight excluding hydrogens is 403 g/mol. The normalized spacial score (nSPS) is 13.8. The van der Waals surface area contributed by atoms with Crippen molar-refractivity contribution in [3.05, 3.63) is 41.5 Å². The fraction of sp³-hybridized carbons (Fsp3) is 0.438. The first-order valence-corrected chi connectivity index (χ1v) is 7.71. The lowest BCUT2D eigenvalue weighted by Crippen LogP contribution is -2.23. The van der Waals surface area contributed by atoms with Gasteiger partial charge in [0.05, 0.1) is 0 Å². The first-order chi connectivity index (χ1) is 10.6. The maximum Gasteiger partial charge on any atom is 0.193 e. The minimum Gasteiger partial charge on any atom is -0.370 e. The Morgan fingerprint density at radius 2 is 2.22 bits per heavy atom. The number of nitrogens with one attached hydrogen (secondary N) is 1. The van der Waals surface area contributed by atoms with E-state index in [4.69, 9.17) is 5.73 Å². The van der Waals surface area contributed by atoms with E-state index in [0.717, 1.165) is 36.7 Å². The van der Waals surface area contributed by atoms with E-state index in [0.29, 0.717) is 18.4 Å². The number of aromatic nitrogens is 3. The molecule has 0 amide bonds. The van der Waals surface area contributed by atoms with Crippen molar-refractivity contribution in [2.75, 3.05) is 5.32 Å². The van der Waals surface area contributed by atoms with Gasteiger partial charge in [-0.25, -0.2) is 4.99 Å². The molecule has 2 heterocycles. The predicted octanol–water partition coefficient (Wildman–Crippen LogP) is 2.89. The number of aryl methyl sites for hydroxylation is 1. The van der Waals surface area contributed by atoms with Crippen LogP contribution in [0.25, 0.3) is 0 Å². The van der Waals surface area contributed by atoms with Gasteiger partial charge in [0.15, 0.2) is 11.8 Å². The van der Waals surface area contributed by atoms with Gasteiger partial charge in [0.25, 0.3) is 0 Å². The van der Waals surface area contributed by atoms with Crippen LogP contribution in [0, 0.1) is 0 Å². The summed E-state index contributed by atoms with van der Waals surface area (Å²) in [5, 5.41) is 11.5. The summed E-state index contributed by atoms with van der Waals surface area (Å²) >= 11 is 0. The summed E-state index contributed by atoms with van der Waals surface area (Å²) in [5.74, 6) is 2.82. The Bertz CT molecular complexity index is 692. The second-order valence-electron chi connectivity index (χ2n) is 5.89. The first kappa shape index (κ1) is 17.7. The maximum absolute atomic E-state index is 5.98. The zero-order chi connectivity index (χ0) is 15.5. The molecule has 1 aliphatic heterocycles. The molecule has 0 fully saturated rings. The Morgan fingerprint density at radius 1 is 1.39 bits per heavy atom. The lowest BCUT2D eigenvalue weighted by Gasteiger charge is -2.10. The molecule has 1 aromatic heterocycles. The molecule has 0 radical (unpaired) electrons. The number of rotatable bonds is 4. The highest BCUT2D eigenvalue weighted by Gasteiger charge is 2.16. The molecule has 3 N–H and O–H groups in total. The van der Waals surface area contributed by atoms with Crippen molar-refractivity contribution < 1.29 is 0 Å². The van der Waals surface area contributed by atoms with Gasteiger partial charge in [-0.1, -0.05) is 26.0 Å². The van der Waals surface area contributed by atoms with Gasteiger partial charge in [0.2, 0.25) is 0 Å². The van der Waals surface area contributed by atoms with E-state index >= 15 is 0 Å². The van der Waals surface area contributed by atoms with Crippen LogP contribution in [-0.4, -0.2) is 20.7 Å². The van der Waals surface area contributed by atoms with E-state index < -0.39 is 0 Å². The largest absolute Gasteiger partial charge is 0.370 e. The van der Waals surface area contributed by atoms with E-state index in [2.05, 4.69) is 51.1 Å². The van der Waals surface area contributed by atoms with Crippen molar-refractivity contribution >= 4 is 35.6 Å². The van der Waals surface area contributed by atoms with Gasteiger partial charge in [-0.15, -0.1) is 34.2 Å². The Hall–Kier alpha value is -1.64. The third-order valence-corrected chi connectivity index (χ3v) is 3.90. The molecule has 7 heteroatoms. The molecule has 0 saturated carbocycles. The predicted molar refractivity (Wildman–Crippen MR) is 103 cm³/mol. The SMILES string of the molecule is CC(C)c1cccc(NC(N)=NCc2nnc3n2CCC3)c1.I. The van der Waals surface area contributed by atoms with Gasteiger partial charge in [0, 0.05) is 18.7 Å². The zero-order valence-electron chi connectivity index (χ0n) is 13.5. The number of hydrogen-bond acceptors (Lipinski definition) is 3. The number of nitrogens with zero attached hydrogens (tertiary/aromatic N) is 4. The number of hydrogen-bond donors (Lipinski definition) is 2. The van der Waals surface area contributed by atoms with E-state index in [-0.39, 0.29) is 24.0 Å². The van der Waals surface area contributed by atoms with Gasteiger partial charge in [-0.2, -0.15) is 0 Å². The highest BCUT2D eigenvalue weighted by atomic mass is 127. The lowest BCUT2D eigenvalue weighted by molar-refractivity contribution is 0.688. The van der Waals surface area contributed by atoms with Crippen LogP contribution in [0.3, 0.4) is 0 Å². The number of guanidine groups is 1. The minimum atomic E-state index is 0. The smallest absolute Gasteiger partial charge is 0.193 e. The van der Waals surface area contributed by atoms with Gasteiger partial charge >= 0.3 is 0 Å². The summed E-state index contributed by atoms with van der Waals surface area (Å²) in [6.45, 7) is 5.78. The number of anilines is 1. The molecule has 0 bridgehead atoms. The van der Waals surface area contributed by atoms with Crippen LogP contribution in [0.5, 0.6) is 0 Å². The fourth-order valence-electron chi connectivity index (χ4n) is 2.65. The van der Waals surface area contributed by atoms with Crippen molar-refractivity contribution in [1.82, 2.24) is 14.8 Å². The zero-order valence-corrected chi connectivity index (χ0v) is 15.8. The topological polar surface area (TPSA) is 81.1 Å². The van der Waals surface area contributed by atoms with E-state index in [1.54, 1.807) is 0 Å². The fourth-order valence-corrected chi connectivity index (χ4v) is 2.65. The molecule has 2 aromatic rings. The van der Waals surface area contributed by atoms with Crippen LogP contribution >= 0.6 is 24.0 Å². The number of nitrogens with two attached hydrogens (primary N) is 1. The summed E-state index contributed by atoms with van der Waals surface area (Å²) in [6, 6.07) is 8.23. The average molecular weight is 426 g/mol. The van der Waals surface area contributed by atoms with Crippen molar-refractivity contribution in [3.63, 3.8) is 0 Å². The first-order valence-electron chi connectivity index (χ1n) is 7.71. The molecule has 23 heavy (non-hydrogen) atoms. The lowest BCUT2D eigenvalue weighted by atomic mass is 10.0. The molecule has 6 nitrogen and oxygen atoms in total. The molecule has 1 aliphatic rings. The van der Waals surface area contributed by atoms with Gasteiger partial charge in [-0.3, -0.25) is 0 Å². The number of halogens is 1. The van der Waals surface area contributed by atoms with Crippen molar-refractivity contribution in [3.8, 4) is 0 Å². The quantitative estimate of drug-likeness (QED) is 0.448. The standard InChI is InChI=1S/C16H22N6.HI/c1-11(2)12-5-3-6-13(9-12)19-16(17)18-10-15-21-20-14-7-4-8-22(14)15;/h3,5-6,9,11H,4,7-8,10H2,1-2H3,(H3,17,18,19);1H. The number of fused-ring (bicyclic) bond motifs is 1. The Labute approximate surface area is 153 Å². The van der Waals surface area contributed by atoms with Gasteiger partial charge in [0.1, 0.15) is 12.4 Å². The summed E-state index contributed by atoms with van der Waals surface area (Å²) in [5.41, 5.74) is 8.20. The molecule has 0 unspecified atom stereocenters. The van der Waals surface area contributed by atoms with Crippen molar-refractivity contribution in [1.29, 1.82) is 0 Å². The summed E-state index contributed by atoms with van der Waals surface area (Å²) < 4.78 is 2.14. The Kier molecular flexibility index (Phi) is 5.97. The minimum absolute atomic E-state index is 0. The highest BCUT2D eigenvalue weighted by Crippen LogP contribution is 2.18. The van der Waals surface area contributed by atoms with Crippen LogP contribution in [0.1, 0.15) is 43.4 Å². The van der Waals surface area contributed by atoms with Gasteiger partial charge < -0.3 is 15.6 Å². The third-order valence-electron chi connectivity index (χ3n) is 3.90. The summed E-state index contributed by atoms with van der Waals surface area (Å²) in [6.07, 6.45) is 2.14. The van der Waals surface area contributed by atoms with E-state index in [1.807, 2.05) is 12.1 Å². The monoisotopic (exact) mass is 426 g/mol. The summed E-state index contributed by atoms with van der Waals surface area (Å²) in [7, 11) is 0. The molecule has 0 spiro atoms. The van der Waals surface area contributed by atoms with Crippen LogP contribution in [-0.2, 0) is 19.5 Å². The number of benzene rings is 1. The van der Waals surface area contributed by atoms with Gasteiger partial charge in [-0.05, 0) is 30.0 Å². The Balaban J connectivity index is 0.00000192.